The lowest BCUT2D eigenvalue weighted by atomic mass is 10.1. The molecule has 0 radical (unpaired) electrons. The molecule has 0 unspecified atom stereocenters. The molecule has 114 valence electrons. The van der Waals surface area contributed by atoms with E-state index in [1.54, 1.807) is 13.2 Å². The molecule has 0 spiro atoms. The average molecular weight is 303 g/mol. The third kappa shape index (κ3) is 3.47. The molecule has 0 aliphatic carbocycles. The van der Waals surface area contributed by atoms with E-state index in [0.717, 1.165) is 22.2 Å². The number of nitriles is 1. The van der Waals surface area contributed by atoms with Gasteiger partial charge in [0.05, 0.1) is 12.1 Å². The van der Waals surface area contributed by atoms with E-state index in [1.807, 2.05) is 24.3 Å². The SMILES string of the molecule is COCc1ccc(CNc2cc(C#N)nc3ccccc23)cc1. The molecule has 1 aromatic heterocycles. The van der Waals surface area contributed by atoms with Crippen LogP contribution in [0.3, 0.4) is 0 Å². The molecule has 2 aromatic carbocycles. The second-order valence-electron chi connectivity index (χ2n) is 5.29. The summed E-state index contributed by atoms with van der Waals surface area (Å²) in [7, 11) is 1.69. The van der Waals surface area contributed by atoms with Crippen molar-refractivity contribution in [3.63, 3.8) is 0 Å². The maximum Gasteiger partial charge on any atom is 0.143 e. The Balaban J connectivity index is 1.82. The van der Waals surface area contributed by atoms with Crippen LogP contribution in [-0.2, 0) is 17.9 Å². The summed E-state index contributed by atoms with van der Waals surface area (Å²) in [6, 6.07) is 20.0. The van der Waals surface area contributed by atoms with Gasteiger partial charge in [0, 0.05) is 24.7 Å². The van der Waals surface area contributed by atoms with Crippen LogP contribution in [0.25, 0.3) is 10.9 Å². The van der Waals surface area contributed by atoms with E-state index in [4.69, 9.17) is 10.00 Å². The molecule has 1 heterocycles. The summed E-state index contributed by atoms with van der Waals surface area (Å²) < 4.78 is 5.12. The molecule has 0 aliphatic rings. The largest absolute Gasteiger partial charge is 0.380 e. The summed E-state index contributed by atoms with van der Waals surface area (Å²) >= 11 is 0. The predicted molar refractivity (Wildman–Crippen MR) is 90.9 cm³/mol. The first-order valence-corrected chi connectivity index (χ1v) is 7.40. The molecule has 0 fully saturated rings. The fourth-order valence-electron chi connectivity index (χ4n) is 2.50. The lowest BCUT2D eigenvalue weighted by molar-refractivity contribution is 0.185. The van der Waals surface area contributed by atoms with Crippen LogP contribution >= 0.6 is 0 Å². The summed E-state index contributed by atoms with van der Waals surface area (Å²) in [5, 5.41) is 13.6. The Labute approximate surface area is 135 Å². The summed E-state index contributed by atoms with van der Waals surface area (Å²) in [6.07, 6.45) is 0. The van der Waals surface area contributed by atoms with Crippen LogP contribution in [0.4, 0.5) is 5.69 Å². The van der Waals surface area contributed by atoms with E-state index >= 15 is 0 Å². The van der Waals surface area contributed by atoms with Crippen LogP contribution in [-0.4, -0.2) is 12.1 Å². The highest BCUT2D eigenvalue weighted by atomic mass is 16.5. The molecule has 0 aliphatic heterocycles. The van der Waals surface area contributed by atoms with Gasteiger partial charge in [-0.25, -0.2) is 4.98 Å². The lowest BCUT2D eigenvalue weighted by Crippen LogP contribution is -2.01. The Morgan fingerprint density at radius 2 is 1.83 bits per heavy atom. The van der Waals surface area contributed by atoms with Crippen molar-refractivity contribution in [2.75, 3.05) is 12.4 Å². The minimum Gasteiger partial charge on any atom is -0.380 e. The molecule has 3 rings (SSSR count). The first kappa shape index (κ1) is 15.0. The van der Waals surface area contributed by atoms with Gasteiger partial charge in [-0.05, 0) is 23.3 Å². The van der Waals surface area contributed by atoms with Gasteiger partial charge in [-0.2, -0.15) is 5.26 Å². The number of ether oxygens (including phenoxy) is 1. The zero-order valence-electron chi connectivity index (χ0n) is 12.9. The van der Waals surface area contributed by atoms with Crippen LogP contribution in [0.1, 0.15) is 16.8 Å². The Bertz CT molecular complexity index is 851. The van der Waals surface area contributed by atoms with Crippen LogP contribution < -0.4 is 5.32 Å². The predicted octanol–water partition coefficient (Wildman–Crippen LogP) is 3.86. The van der Waals surface area contributed by atoms with Gasteiger partial charge >= 0.3 is 0 Å². The van der Waals surface area contributed by atoms with Crippen molar-refractivity contribution in [2.24, 2.45) is 0 Å². The van der Waals surface area contributed by atoms with E-state index in [2.05, 4.69) is 40.6 Å². The number of anilines is 1. The number of methoxy groups -OCH3 is 1. The van der Waals surface area contributed by atoms with Gasteiger partial charge in [0.25, 0.3) is 0 Å². The van der Waals surface area contributed by atoms with Crippen molar-refractivity contribution in [3.8, 4) is 6.07 Å². The first-order chi connectivity index (χ1) is 11.3. The maximum absolute atomic E-state index is 9.14. The molecule has 4 nitrogen and oxygen atoms in total. The van der Waals surface area contributed by atoms with Gasteiger partial charge in [-0.15, -0.1) is 0 Å². The van der Waals surface area contributed by atoms with Gasteiger partial charge < -0.3 is 10.1 Å². The normalized spacial score (nSPS) is 10.4. The number of para-hydroxylation sites is 1. The molecule has 23 heavy (non-hydrogen) atoms. The van der Waals surface area contributed by atoms with Gasteiger partial charge in [0.2, 0.25) is 0 Å². The van der Waals surface area contributed by atoms with Gasteiger partial charge in [0.1, 0.15) is 11.8 Å². The average Bonchev–Trinajstić information content (AvgIpc) is 2.61. The molecule has 3 aromatic rings. The number of hydrogen-bond acceptors (Lipinski definition) is 4. The number of pyridine rings is 1. The highest BCUT2D eigenvalue weighted by Gasteiger charge is 2.05. The quantitative estimate of drug-likeness (QED) is 0.777. The standard InChI is InChI=1S/C19H17N3O/c1-23-13-15-8-6-14(7-9-15)12-21-19-10-16(11-20)22-18-5-3-2-4-17(18)19/h2-10H,12-13H2,1H3,(H,21,22). The molecule has 0 amide bonds. The smallest absolute Gasteiger partial charge is 0.143 e. The van der Waals surface area contributed by atoms with Crippen molar-refractivity contribution < 1.29 is 4.74 Å². The summed E-state index contributed by atoms with van der Waals surface area (Å²) in [5.41, 5.74) is 4.49. The number of benzene rings is 2. The Hall–Kier alpha value is -2.90. The van der Waals surface area contributed by atoms with E-state index in [1.165, 1.54) is 5.56 Å². The molecule has 0 saturated carbocycles. The molecule has 0 bridgehead atoms. The minimum atomic E-state index is 0.418. The first-order valence-electron chi connectivity index (χ1n) is 7.40. The number of nitrogens with one attached hydrogen (secondary N) is 1. The van der Waals surface area contributed by atoms with Crippen LogP contribution in [0.2, 0.25) is 0 Å². The topological polar surface area (TPSA) is 57.9 Å². The second kappa shape index (κ2) is 6.91. The van der Waals surface area contributed by atoms with Crippen molar-refractivity contribution in [3.05, 3.63) is 71.4 Å². The van der Waals surface area contributed by atoms with Crippen molar-refractivity contribution in [1.82, 2.24) is 4.98 Å². The third-order valence-electron chi connectivity index (χ3n) is 3.65. The molecule has 1 N–H and O–H groups in total. The van der Waals surface area contributed by atoms with Gasteiger partial charge in [0.15, 0.2) is 0 Å². The highest BCUT2D eigenvalue weighted by Crippen LogP contribution is 2.23. The maximum atomic E-state index is 9.14. The van der Waals surface area contributed by atoms with Crippen molar-refractivity contribution in [2.45, 2.75) is 13.2 Å². The van der Waals surface area contributed by atoms with Crippen LogP contribution in [0, 0.1) is 11.3 Å². The van der Waals surface area contributed by atoms with E-state index in [0.29, 0.717) is 18.8 Å². The van der Waals surface area contributed by atoms with Gasteiger partial charge in [-0.1, -0.05) is 42.5 Å². The summed E-state index contributed by atoms with van der Waals surface area (Å²) in [4.78, 5) is 4.33. The molecular weight excluding hydrogens is 286 g/mol. The molecule has 4 heteroatoms. The monoisotopic (exact) mass is 303 g/mol. The van der Waals surface area contributed by atoms with E-state index < -0.39 is 0 Å². The van der Waals surface area contributed by atoms with E-state index in [9.17, 15) is 0 Å². The number of hydrogen-bond donors (Lipinski definition) is 1. The fourth-order valence-corrected chi connectivity index (χ4v) is 2.50. The second-order valence-corrected chi connectivity index (χ2v) is 5.29. The number of rotatable bonds is 5. The zero-order chi connectivity index (χ0) is 16.1. The van der Waals surface area contributed by atoms with Crippen LogP contribution in [0.5, 0.6) is 0 Å². The molecular formula is C19H17N3O. The number of nitrogens with zero attached hydrogens (tertiary/aromatic N) is 2. The Morgan fingerprint density at radius 3 is 2.57 bits per heavy atom. The van der Waals surface area contributed by atoms with Crippen LogP contribution in [0.15, 0.2) is 54.6 Å². The van der Waals surface area contributed by atoms with E-state index in [-0.39, 0.29) is 0 Å². The number of fused-ring (bicyclic) bond motifs is 1. The summed E-state index contributed by atoms with van der Waals surface area (Å²) in [5.74, 6) is 0. The Morgan fingerprint density at radius 1 is 1.09 bits per heavy atom. The van der Waals surface area contributed by atoms with Crippen molar-refractivity contribution >= 4 is 16.6 Å². The number of aromatic nitrogens is 1. The lowest BCUT2D eigenvalue weighted by Gasteiger charge is -2.10. The van der Waals surface area contributed by atoms with Gasteiger partial charge in [-0.3, -0.25) is 0 Å². The molecule has 0 atom stereocenters. The highest BCUT2D eigenvalue weighted by molar-refractivity contribution is 5.91. The Kier molecular flexibility index (Phi) is 4.51. The fraction of sp³-hybridized carbons (Fsp3) is 0.158. The third-order valence-corrected chi connectivity index (χ3v) is 3.65. The minimum absolute atomic E-state index is 0.418. The molecule has 0 saturated heterocycles. The summed E-state index contributed by atoms with van der Waals surface area (Å²) in [6.45, 7) is 1.31. The zero-order valence-corrected chi connectivity index (χ0v) is 12.9. The van der Waals surface area contributed by atoms with Crippen molar-refractivity contribution in [1.29, 1.82) is 5.26 Å².